The Morgan fingerprint density at radius 3 is 2.24 bits per heavy atom. The Kier molecular flexibility index (Phi) is 5.63. The molecule has 2 aliphatic heterocycles. The summed E-state index contributed by atoms with van der Waals surface area (Å²) in [4.78, 5) is 0. The summed E-state index contributed by atoms with van der Waals surface area (Å²) >= 11 is 0. The fraction of sp³-hybridized carbons (Fsp3) is 0.647. The van der Waals surface area contributed by atoms with Crippen LogP contribution in [0, 0.1) is 0 Å². The van der Waals surface area contributed by atoms with Gasteiger partial charge >= 0.3 is 0 Å². The van der Waals surface area contributed by atoms with Gasteiger partial charge in [0.25, 0.3) is 0 Å². The second-order valence-corrected chi connectivity index (χ2v) is 5.61. The Morgan fingerprint density at radius 1 is 0.810 bits per heavy atom. The molecule has 0 saturated carbocycles. The van der Waals surface area contributed by atoms with Gasteiger partial charge in [-0.05, 0) is 36.8 Å². The average Bonchev–Trinajstić information content (AvgIpc) is 3.17. The minimum atomic E-state index is -0.0584. The summed E-state index contributed by atoms with van der Waals surface area (Å²) in [6.45, 7) is 2.93. The summed E-state index contributed by atoms with van der Waals surface area (Å²) in [7, 11) is 0. The zero-order valence-electron chi connectivity index (χ0n) is 12.5. The topological polar surface area (TPSA) is 36.9 Å². The number of benzene rings is 1. The predicted octanol–water partition coefficient (Wildman–Crippen LogP) is 2.69. The molecule has 0 unspecified atom stereocenters. The zero-order chi connectivity index (χ0) is 14.3. The Labute approximate surface area is 126 Å². The van der Waals surface area contributed by atoms with Crippen LogP contribution >= 0.6 is 0 Å². The number of aryl methyl sites for hydroxylation is 1. The number of rotatable bonds is 7. The summed E-state index contributed by atoms with van der Waals surface area (Å²) in [6, 6.07) is 8.74. The van der Waals surface area contributed by atoms with E-state index in [2.05, 4.69) is 24.3 Å². The van der Waals surface area contributed by atoms with E-state index in [1.165, 1.54) is 17.5 Å². The van der Waals surface area contributed by atoms with E-state index in [1.807, 2.05) is 0 Å². The lowest BCUT2D eigenvalue weighted by Gasteiger charge is -2.11. The fourth-order valence-electron chi connectivity index (χ4n) is 2.84. The highest BCUT2D eigenvalue weighted by Gasteiger charge is 2.16. The molecule has 4 nitrogen and oxygen atoms in total. The number of hydrogen-bond acceptors (Lipinski definition) is 4. The molecule has 3 rings (SSSR count). The van der Waals surface area contributed by atoms with Gasteiger partial charge in [-0.25, -0.2) is 0 Å². The first-order valence-corrected chi connectivity index (χ1v) is 7.94. The predicted molar refractivity (Wildman–Crippen MR) is 79.1 cm³/mol. The van der Waals surface area contributed by atoms with Crippen molar-refractivity contribution in [3.8, 4) is 0 Å². The van der Waals surface area contributed by atoms with Crippen LogP contribution in [0.4, 0.5) is 0 Å². The van der Waals surface area contributed by atoms with Crippen molar-refractivity contribution < 1.29 is 18.9 Å². The van der Waals surface area contributed by atoms with E-state index in [0.717, 1.165) is 52.1 Å². The van der Waals surface area contributed by atoms with E-state index in [4.69, 9.17) is 18.9 Å². The molecule has 2 heterocycles. The highest BCUT2D eigenvalue weighted by atomic mass is 16.7. The van der Waals surface area contributed by atoms with Crippen LogP contribution in [0.3, 0.4) is 0 Å². The molecule has 21 heavy (non-hydrogen) atoms. The van der Waals surface area contributed by atoms with Crippen LogP contribution in [0.1, 0.15) is 30.4 Å². The third kappa shape index (κ3) is 4.78. The second kappa shape index (κ2) is 7.90. The molecule has 0 spiro atoms. The van der Waals surface area contributed by atoms with E-state index in [0.29, 0.717) is 0 Å². The van der Waals surface area contributed by atoms with Crippen molar-refractivity contribution in [2.24, 2.45) is 0 Å². The van der Waals surface area contributed by atoms with Crippen LogP contribution in [-0.4, -0.2) is 39.0 Å². The van der Waals surface area contributed by atoms with Gasteiger partial charge in [0, 0.05) is 6.42 Å². The molecule has 2 aliphatic rings. The Morgan fingerprint density at radius 2 is 1.48 bits per heavy atom. The van der Waals surface area contributed by atoms with E-state index >= 15 is 0 Å². The Bertz CT molecular complexity index is 423. The number of ether oxygens (including phenoxy) is 4. The first kappa shape index (κ1) is 15.0. The van der Waals surface area contributed by atoms with Crippen molar-refractivity contribution >= 4 is 0 Å². The molecule has 0 atom stereocenters. The zero-order valence-corrected chi connectivity index (χ0v) is 12.5. The molecule has 0 N–H and O–H groups in total. The van der Waals surface area contributed by atoms with Crippen LogP contribution in [0.25, 0.3) is 0 Å². The lowest BCUT2D eigenvalue weighted by atomic mass is 10.0. The summed E-state index contributed by atoms with van der Waals surface area (Å²) in [5.41, 5.74) is 2.68. The largest absolute Gasteiger partial charge is 0.350 e. The van der Waals surface area contributed by atoms with Gasteiger partial charge in [-0.1, -0.05) is 24.3 Å². The first-order chi connectivity index (χ1) is 10.4. The van der Waals surface area contributed by atoms with Crippen LogP contribution in [0.15, 0.2) is 24.3 Å². The quantitative estimate of drug-likeness (QED) is 0.724. The Hall–Kier alpha value is -0.940. The van der Waals surface area contributed by atoms with Crippen LogP contribution in [-0.2, 0) is 31.8 Å². The van der Waals surface area contributed by atoms with Gasteiger partial charge in [-0.2, -0.15) is 0 Å². The maximum absolute atomic E-state index is 5.50. The van der Waals surface area contributed by atoms with E-state index in [9.17, 15) is 0 Å². The molecular weight excluding hydrogens is 268 g/mol. The van der Waals surface area contributed by atoms with Gasteiger partial charge in [0.05, 0.1) is 26.4 Å². The van der Waals surface area contributed by atoms with Crippen molar-refractivity contribution in [3.63, 3.8) is 0 Å². The summed E-state index contributed by atoms with van der Waals surface area (Å²) in [5, 5.41) is 0. The van der Waals surface area contributed by atoms with Crippen molar-refractivity contribution in [1.82, 2.24) is 0 Å². The molecule has 0 amide bonds. The first-order valence-electron chi connectivity index (χ1n) is 7.94. The highest BCUT2D eigenvalue weighted by Crippen LogP contribution is 2.16. The maximum Gasteiger partial charge on any atom is 0.161 e. The van der Waals surface area contributed by atoms with E-state index in [1.54, 1.807) is 0 Å². The van der Waals surface area contributed by atoms with Crippen molar-refractivity contribution in [2.45, 2.75) is 44.7 Å². The summed E-state index contributed by atoms with van der Waals surface area (Å²) < 4.78 is 21.9. The minimum Gasteiger partial charge on any atom is -0.350 e. The van der Waals surface area contributed by atoms with Gasteiger partial charge in [-0.15, -0.1) is 0 Å². The summed E-state index contributed by atoms with van der Waals surface area (Å²) in [6.07, 6.45) is 5.24. The number of hydrogen-bond donors (Lipinski definition) is 0. The molecule has 116 valence electrons. The van der Waals surface area contributed by atoms with Crippen LogP contribution in [0.5, 0.6) is 0 Å². The van der Waals surface area contributed by atoms with Gasteiger partial charge in [0.1, 0.15) is 0 Å². The lowest BCUT2D eigenvalue weighted by molar-refractivity contribution is -0.0479. The SMILES string of the molecule is c1cc(CCCCC2OCCO2)cc(CC2OCCO2)c1. The standard InChI is InChI=1S/C17H24O4/c1(2-7-16-18-8-9-19-16)4-14-5-3-6-15(12-14)13-17-20-10-11-21-17/h3,5-6,12,16-17H,1-2,4,7-11,13H2. The summed E-state index contributed by atoms with van der Waals surface area (Å²) in [5.74, 6) is 0. The van der Waals surface area contributed by atoms with Gasteiger partial charge in [0.2, 0.25) is 0 Å². The molecular formula is C17H24O4. The lowest BCUT2D eigenvalue weighted by Crippen LogP contribution is -2.11. The molecule has 1 aromatic rings. The van der Waals surface area contributed by atoms with Crippen molar-refractivity contribution in [3.05, 3.63) is 35.4 Å². The Balaban J connectivity index is 1.40. The molecule has 0 aromatic heterocycles. The molecule has 0 radical (unpaired) electrons. The van der Waals surface area contributed by atoms with Crippen LogP contribution < -0.4 is 0 Å². The maximum atomic E-state index is 5.50. The molecule has 2 saturated heterocycles. The molecule has 2 fully saturated rings. The van der Waals surface area contributed by atoms with Crippen LogP contribution in [0.2, 0.25) is 0 Å². The van der Waals surface area contributed by atoms with Crippen molar-refractivity contribution in [1.29, 1.82) is 0 Å². The normalized spacial score (nSPS) is 20.4. The second-order valence-electron chi connectivity index (χ2n) is 5.61. The van der Waals surface area contributed by atoms with Gasteiger partial charge < -0.3 is 18.9 Å². The molecule has 4 heteroatoms. The van der Waals surface area contributed by atoms with E-state index in [-0.39, 0.29) is 12.6 Å². The fourth-order valence-corrected chi connectivity index (χ4v) is 2.84. The van der Waals surface area contributed by atoms with Crippen molar-refractivity contribution in [2.75, 3.05) is 26.4 Å². The molecule has 1 aromatic carbocycles. The highest BCUT2D eigenvalue weighted by molar-refractivity contribution is 5.24. The third-order valence-electron chi connectivity index (χ3n) is 3.93. The molecule has 0 bridgehead atoms. The smallest absolute Gasteiger partial charge is 0.161 e. The molecule has 0 aliphatic carbocycles. The average molecular weight is 292 g/mol. The number of unbranched alkanes of at least 4 members (excludes halogenated alkanes) is 1. The monoisotopic (exact) mass is 292 g/mol. The van der Waals surface area contributed by atoms with E-state index < -0.39 is 0 Å². The third-order valence-corrected chi connectivity index (χ3v) is 3.93. The van der Waals surface area contributed by atoms with Gasteiger partial charge in [0.15, 0.2) is 12.6 Å². The minimum absolute atomic E-state index is 0.0352. The van der Waals surface area contributed by atoms with Gasteiger partial charge in [-0.3, -0.25) is 0 Å².